The van der Waals surface area contributed by atoms with Crippen molar-refractivity contribution in [3.8, 4) is 6.07 Å². The number of carbonyl (C=O) groups is 1. The molecule has 0 bridgehead atoms. The van der Waals surface area contributed by atoms with Crippen molar-refractivity contribution in [3.63, 3.8) is 0 Å². The van der Waals surface area contributed by atoms with Crippen LogP contribution >= 0.6 is 0 Å². The molecular formula is C14H19N5O. The average molecular weight is 273 g/mol. The Morgan fingerprint density at radius 1 is 1.40 bits per heavy atom. The highest BCUT2D eigenvalue weighted by Crippen LogP contribution is 2.21. The summed E-state index contributed by atoms with van der Waals surface area (Å²) < 4.78 is 1.90. The van der Waals surface area contributed by atoms with Crippen molar-refractivity contribution in [2.75, 3.05) is 32.7 Å². The second-order valence-electron chi connectivity index (χ2n) is 5.55. The van der Waals surface area contributed by atoms with Gasteiger partial charge in [0.05, 0.1) is 17.8 Å². The number of hydrogen-bond acceptors (Lipinski definition) is 4. The zero-order chi connectivity index (χ0) is 13.9. The summed E-state index contributed by atoms with van der Waals surface area (Å²) in [6.45, 7) is 4.69. The molecule has 106 valence electrons. The van der Waals surface area contributed by atoms with Gasteiger partial charge in [0.1, 0.15) is 6.07 Å². The minimum absolute atomic E-state index is 0.298. The van der Waals surface area contributed by atoms with Crippen LogP contribution in [0.15, 0.2) is 12.4 Å². The minimum Gasteiger partial charge on any atom is -0.341 e. The molecule has 2 fully saturated rings. The fourth-order valence-corrected chi connectivity index (χ4v) is 3.03. The lowest BCUT2D eigenvalue weighted by Gasteiger charge is -2.21. The lowest BCUT2D eigenvalue weighted by molar-refractivity contribution is -0.127. The Hall–Kier alpha value is -1.87. The van der Waals surface area contributed by atoms with Gasteiger partial charge in [-0.3, -0.25) is 14.4 Å². The van der Waals surface area contributed by atoms with E-state index in [9.17, 15) is 4.79 Å². The number of nitrogens with zero attached hydrogens (tertiary/aromatic N) is 5. The molecule has 3 heterocycles. The summed E-state index contributed by atoms with van der Waals surface area (Å²) in [7, 11) is 0. The van der Waals surface area contributed by atoms with Gasteiger partial charge in [-0.05, 0) is 12.8 Å². The van der Waals surface area contributed by atoms with Gasteiger partial charge in [-0.1, -0.05) is 0 Å². The molecule has 20 heavy (non-hydrogen) atoms. The van der Waals surface area contributed by atoms with Gasteiger partial charge in [0, 0.05) is 45.3 Å². The van der Waals surface area contributed by atoms with Crippen molar-refractivity contribution >= 4 is 5.91 Å². The lowest BCUT2D eigenvalue weighted by Crippen LogP contribution is -2.34. The van der Waals surface area contributed by atoms with E-state index in [4.69, 9.17) is 5.26 Å². The SMILES string of the molecule is N#Cc1cnn(C2CCN(CCN3CCCC3=O)C2)c1. The Balaban J connectivity index is 1.49. The molecule has 6 nitrogen and oxygen atoms in total. The largest absolute Gasteiger partial charge is 0.341 e. The Bertz CT molecular complexity index is 532. The van der Waals surface area contributed by atoms with Crippen LogP contribution in [0.2, 0.25) is 0 Å². The summed E-state index contributed by atoms with van der Waals surface area (Å²) in [4.78, 5) is 15.9. The smallest absolute Gasteiger partial charge is 0.222 e. The van der Waals surface area contributed by atoms with Crippen molar-refractivity contribution in [2.24, 2.45) is 0 Å². The topological polar surface area (TPSA) is 65.2 Å². The first-order valence-electron chi connectivity index (χ1n) is 7.20. The number of aromatic nitrogens is 2. The molecule has 0 aliphatic carbocycles. The molecule has 0 aromatic carbocycles. The normalized spacial score (nSPS) is 23.4. The fraction of sp³-hybridized carbons (Fsp3) is 0.643. The number of nitriles is 1. The van der Waals surface area contributed by atoms with Crippen molar-refractivity contribution in [2.45, 2.75) is 25.3 Å². The molecule has 2 saturated heterocycles. The molecule has 2 aliphatic heterocycles. The van der Waals surface area contributed by atoms with Crippen LogP contribution in [-0.2, 0) is 4.79 Å². The van der Waals surface area contributed by atoms with Crippen molar-refractivity contribution in [3.05, 3.63) is 18.0 Å². The van der Waals surface area contributed by atoms with Crippen molar-refractivity contribution in [1.82, 2.24) is 19.6 Å². The first-order chi connectivity index (χ1) is 9.76. The van der Waals surface area contributed by atoms with Gasteiger partial charge in [-0.25, -0.2) is 0 Å². The Morgan fingerprint density at radius 3 is 3.00 bits per heavy atom. The van der Waals surface area contributed by atoms with Gasteiger partial charge < -0.3 is 4.90 Å². The van der Waals surface area contributed by atoms with Gasteiger partial charge in [0.15, 0.2) is 0 Å². The first kappa shape index (κ1) is 13.1. The van der Waals surface area contributed by atoms with Crippen LogP contribution in [0.5, 0.6) is 0 Å². The van der Waals surface area contributed by atoms with Gasteiger partial charge in [0.25, 0.3) is 0 Å². The standard InChI is InChI=1S/C14H19N5O/c15-8-12-9-16-19(10-12)13-3-5-17(11-13)6-7-18-4-1-2-14(18)20/h9-10,13H,1-7,11H2. The van der Waals surface area contributed by atoms with E-state index in [0.717, 1.165) is 45.6 Å². The van der Waals surface area contributed by atoms with E-state index >= 15 is 0 Å². The van der Waals surface area contributed by atoms with Crippen molar-refractivity contribution in [1.29, 1.82) is 5.26 Å². The van der Waals surface area contributed by atoms with Crippen LogP contribution in [0, 0.1) is 11.3 Å². The second kappa shape index (κ2) is 5.63. The highest BCUT2D eigenvalue weighted by atomic mass is 16.2. The molecule has 1 aromatic rings. The summed E-state index contributed by atoms with van der Waals surface area (Å²) in [5.74, 6) is 0.298. The highest BCUT2D eigenvalue weighted by Gasteiger charge is 2.26. The summed E-state index contributed by atoms with van der Waals surface area (Å²) in [6.07, 6.45) is 6.21. The molecule has 1 unspecified atom stereocenters. The summed E-state index contributed by atoms with van der Waals surface area (Å²) >= 11 is 0. The predicted molar refractivity (Wildman–Crippen MR) is 72.9 cm³/mol. The Kier molecular flexibility index (Phi) is 3.70. The maximum Gasteiger partial charge on any atom is 0.222 e. The third kappa shape index (κ3) is 2.68. The zero-order valence-corrected chi connectivity index (χ0v) is 11.5. The van der Waals surface area contributed by atoms with Gasteiger partial charge in [-0.2, -0.15) is 10.4 Å². The van der Waals surface area contributed by atoms with E-state index in [1.165, 1.54) is 0 Å². The molecular weight excluding hydrogens is 254 g/mol. The van der Waals surface area contributed by atoms with Crippen LogP contribution in [0.25, 0.3) is 0 Å². The maximum absolute atomic E-state index is 11.6. The van der Waals surface area contributed by atoms with E-state index in [0.29, 0.717) is 23.9 Å². The third-order valence-corrected chi connectivity index (χ3v) is 4.21. The van der Waals surface area contributed by atoms with E-state index in [1.807, 2.05) is 15.8 Å². The second-order valence-corrected chi connectivity index (χ2v) is 5.55. The molecule has 1 atom stereocenters. The highest BCUT2D eigenvalue weighted by molar-refractivity contribution is 5.78. The van der Waals surface area contributed by atoms with Crippen LogP contribution in [0.4, 0.5) is 0 Å². The monoisotopic (exact) mass is 273 g/mol. The maximum atomic E-state index is 11.6. The van der Waals surface area contributed by atoms with Crippen LogP contribution in [0.3, 0.4) is 0 Å². The molecule has 6 heteroatoms. The quantitative estimate of drug-likeness (QED) is 0.807. The molecule has 0 N–H and O–H groups in total. The number of rotatable bonds is 4. The molecule has 3 rings (SSSR count). The fourth-order valence-electron chi connectivity index (χ4n) is 3.03. The van der Waals surface area contributed by atoms with E-state index in [1.54, 1.807) is 6.20 Å². The molecule has 0 saturated carbocycles. The van der Waals surface area contributed by atoms with Crippen LogP contribution < -0.4 is 0 Å². The molecule has 1 aromatic heterocycles. The Morgan fingerprint density at radius 2 is 2.30 bits per heavy atom. The van der Waals surface area contributed by atoms with E-state index < -0.39 is 0 Å². The third-order valence-electron chi connectivity index (χ3n) is 4.21. The lowest BCUT2D eigenvalue weighted by atomic mass is 10.3. The first-order valence-corrected chi connectivity index (χ1v) is 7.20. The summed E-state index contributed by atoms with van der Waals surface area (Å²) in [5, 5.41) is 13.1. The van der Waals surface area contributed by atoms with Crippen molar-refractivity contribution < 1.29 is 4.79 Å². The molecule has 2 aliphatic rings. The van der Waals surface area contributed by atoms with Crippen LogP contribution in [0.1, 0.15) is 30.9 Å². The van der Waals surface area contributed by atoms with Gasteiger partial charge >= 0.3 is 0 Å². The predicted octanol–water partition coefficient (Wildman–Crippen LogP) is 0.624. The minimum atomic E-state index is 0.298. The average Bonchev–Trinajstić information content (AvgIpc) is 3.16. The number of likely N-dealkylation sites (tertiary alicyclic amines) is 2. The molecule has 0 radical (unpaired) electrons. The Labute approximate surface area is 118 Å². The van der Waals surface area contributed by atoms with Crippen LogP contribution in [-0.4, -0.2) is 58.2 Å². The number of amides is 1. The van der Waals surface area contributed by atoms with Gasteiger partial charge in [0.2, 0.25) is 5.91 Å². The summed E-state index contributed by atoms with van der Waals surface area (Å²) in [5.41, 5.74) is 0.617. The number of carbonyl (C=O) groups excluding carboxylic acids is 1. The van der Waals surface area contributed by atoms with E-state index in [-0.39, 0.29) is 0 Å². The zero-order valence-electron chi connectivity index (χ0n) is 11.5. The van der Waals surface area contributed by atoms with E-state index in [2.05, 4.69) is 16.1 Å². The molecule has 1 amide bonds. The summed E-state index contributed by atoms with van der Waals surface area (Å²) in [6, 6.07) is 2.46. The molecule has 0 spiro atoms. The number of hydrogen-bond donors (Lipinski definition) is 0. The van der Waals surface area contributed by atoms with Gasteiger partial charge in [-0.15, -0.1) is 0 Å².